The molecule has 3 unspecified atom stereocenters. The van der Waals surface area contributed by atoms with Gasteiger partial charge in [-0.25, -0.2) is 0 Å². The molecule has 0 bridgehead atoms. The van der Waals surface area contributed by atoms with Crippen molar-refractivity contribution >= 4 is 5.97 Å². The van der Waals surface area contributed by atoms with Gasteiger partial charge >= 0.3 is 5.97 Å². The zero-order valence-corrected chi connectivity index (χ0v) is 11.5. The van der Waals surface area contributed by atoms with Crippen LogP contribution in [0.1, 0.15) is 30.7 Å². The minimum Gasteiger partial charge on any atom is -0.493 e. The summed E-state index contributed by atoms with van der Waals surface area (Å²) in [6.07, 6.45) is 2.90. The Kier molecular flexibility index (Phi) is 3.92. The van der Waals surface area contributed by atoms with Crippen molar-refractivity contribution in [2.75, 3.05) is 19.7 Å². The minimum absolute atomic E-state index is 0.158. The van der Waals surface area contributed by atoms with E-state index in [1.807, 2.05) is 18.2 Å². The molecule has 4 heteroatoms. The van der Waals surface area contributed by atoms with Gasteiger partial charge in [0.25, 0.3) is 0 Å². The summed E-state index contributed by atoms with van der Waals surface area (Å²) in [7, 11) is 0. The summed E-state index contributed by atoms with van der Waals surface area (Å²) in [5, 5.41) is 12.6. The molecule has 1 heterocycles. The molecule has 1 aliphatic heterocycles. The lowest BCUT2D eigenvalue weighted by Crippen LogP contribution is -2.31. The van der Waals surface area contributed by atoms with Crippen LogP contribution < -0.4 is 10.1 Å². The number of aliphatic carboxylic acids is 1. The second-order valence-electron chi connectivity index (χ2n) is 5.84. The second-order valence-corrected chi connectivity index (χ2v) is 5.84. The third kappa shape index (κ3) is 2.66. The largest absolute Gasteiger partial charge is 0.493 e. The summed E-state index contributed by atoms with van der Waals surface area (Å²) in [5.41, 5.74) is 1.27. The van der Waals surface area contributed by atoms with Gasteiger partial charge in [-0.1, -0.05) is 24.6 Å². The van der Waals surface area contributed by atoms with Gasteiger partial charge in [0.05, 0.1) is 12.5 Å². The number of rotatable bonds is 5. The Hall–Kier alpha value is -1.55. The van der Waals surface area contributed by atoms with Crippen molar-refractivity contribution in [1.29, 1.82) is 0 Å². The molecule has 1 aromatic carbocycles. The Morgan fingerprint density at radius 1 is 1.30 bits per heavy atom. The fourth-order valence-corrected chi connectivity index (χ4v) is 3.45. The number of nitrogens with one attached hydrogen (secondary N) is 1. The Morgan fingerprint density at radius 3 is 3.00 bits per heavy atom. The molecule has 0 radical (unpaired) electrons. The molecule has 3 atom stereocenters. The van der Waals surface area contributed by atoms with E-state index in [9.17, 15) is 9.90 Å². The first-order valence-electron chi connectivity index (χ1n) is 7.41. The molecule has 2 aliphatic rings. The lowest BCUT2D eigenvalue weighted by Gasteiger charge is -2.18. The number of hydrogen-bond donors (Lipinski definition) is 2. The molecule has 0 amide bonds. The number of fused-ring (bicyclic) bond motifs is 1. The van der Waals surface area contributed by atoms with Gasteiger partial charge in [0, 0.05) is 18.0 Å². The van der Waals surface area contributed by atoms with Gasteiger partial charge < -0.3 is 15.2 Å². The number of ether oxygens (including phenoxy) is 1. The lowest BCUT2D eigenvalue weighted by molar-refractivity contribution is -0.142. The van der Waals surface area contributed by atoms with Crippen molar-refractivity contribution < 1.29 is 14.6 Å². The van der Waals surface area contributed by atoms with Crippen LogP contribution in [-0.2, 0) is 4.79 Å². The Labute approximate surface area is 119 Å². The molecule has 0 aromatic heterocycles. The molecular formula is C16H21NO3. The molecular weight excluding hydrogens is 254 g/mol. The predicted molar refractivity (Wildman–Crippen MR) is 76.0 cm³/mol. The number of carboxylic acids is 1. The van der Waals surface area contributed by atoms with E-state index >= 15 is 0 Å². The van der Waals surface area contributed by atoms with E-state index in [1.54, 1.807) is 0 Å². The average molecular weight is 275 g/mol. The summed E-state index contributed by atoms with van der Waals surface area (Å²) < 4.78 is 5.66. The average Bonchev–Trinajstić information content (AvgIpc) is 3.06. The number of benzene rings is 1. The summed E-state index contributed by atoms with van der Waals surface area (Å²) in [4.78, 5) is 11.1. The van der Waals surface area contributed by atoms with Gasteiger partial charge in [0.1, 0.15) is 5.75 Å². The van der Waals surface area contributed by atoms with Crippen LogP contribution in [0.15, 0.2) is 24.3 Å². The highest BCUT2D eigenvalue weighted by atomic mass is 16.5. The van der Waals surface area contributed by atoms with Crippen molar-refractivity contribution in [2.24, 2.45) is 11.8 Å². The number of carbonyl (C=O) groups is 1. The first-order chi connectivity index (χ1) is 9.75. The topological polar surface area (TPSA) is 58.6 Å². The monoisotopic (exact) mass is 275 g/mol. The normalized spacial score (nSPS) is 28.1. The van der Waals surface area contributed by atoms with Gasteiger partial charge in [0.2, 0.25) is 0 Å². The maximum atomic E-state index is 11.1. The van der Waals surface area contributed by atoms with Crippen LogP contribution in [0.5, 0.6) is 5.75 Å². The van der Waals surface area contributed by atoms with Crippen molar-refractivity contribution in [3.05, 3.63) is 29.8 Å². The molecule has 1 aromatic rings. The van der Waals surface area contributed by atoms with Gasteiger partial charge in [0.15, 0.2) is 0 Å². The van der Waals surface area contributed by atoms with Crippen molar-refractivity contribution in [1.82, 2.24) is 5.32 Å². The van der Waals surface area contributed by atoms with E-state index in [2.05, 4.69) is 11.4 Å². The van der Waals surface area contributed by atoms with Crippen LogP contribution in [0.25, 0.3) is 0 Å². The van der Waals surface area contributed by atoms with E-state index in [0.29, 0.717) is 5.92 Å². The summed E-state index contributed by atoms with van der Waals surface area (Å²) in [5.74, 6) is 0.864. The SMILES string of the molecule is O=C(O)C1CCCC1CNCC1COc2ccccc21. The van der Waals surface area contributed by atoms with Gasteiger partial charge in [-0.05, 0) is 31.4 Å². The first-order valence-corrected chi connectivity index (χ1v) is 7.41. The standard InChI is InChI=1S/C16H21NO3/c18-16(19)14-6-3-4-11(14)8-17-9-12-10-20-15-7-2-1-5-13(12)15/h1-2,5,7,11-12,14,17H,3-4,6,8-10H2,(H,18,19). The minimum atomic E-state index is -0.635. The molecule has 1 saturated carbocycles. The first kappa shape index (κ1) is 13.4. The lowest BCUT2D eigenvalue weighted by atomic mass is 9.95. The molecule has 3 rings (SSSR count). The smallest absolute Gasteiger partial charge is 0.306 e. The second kappa shape index (κ2) is 5.83. The molecule has 20 heavy (non-hydrogen) atoms. The quantitative estimate of drug-likeness (QED) is 0.865. The van der Waals surface area contributed by atoms with Crippen LogP contribution in [0.3, 0.4) is 0 Å². The van der Waals surface area contributed by atoms with Crippen molar-refractivity contribution in [2.45, 2.75) is 25.2 Å². The number of hydrogen-bond acceptors (Lipinski definition) is 3. The van der Waals surface area contributed by atoms with Crippen LogP contribution in [0.2, 0.25) is 0 Å². The summed E-state index contributed by atoms with van der Waals surface area (Å²) >= 11 is 0. The van der Waals surface area contributed by atoms with E-state index in [4.69, 9.17) is 4.74 Å². The van der Waals surface area contributed by atoms with Crippen molar-refractivity contribution in [3.8, 4) is 5.75 Å². The van der Waals surface area contributed by atoms with Crippen LogP contribution >= 0.6 is 0 Å². The third-order valence-electron chi connectivity index (χ3n) is 4.57. The molecule has 4 nitrogen and oxygen atoms in total. The van der Waals surface area contributed by atoms with Gasteiger partial charge in [-0.15, -0.1) is 0 Å². The fraction of sp³-hybridized carbons (Fsp3) is 0.562. The molecule has 1 fully saturated rings. The van der Waals surface area contributed by atoms with Gasteiger partial charge in [-0.3, -0.25) is 4.79 Å². The van der Waals surface area contributed by atoms with E-state index in [1.165, 1.54) is 5.56 Å². The Balaban J connectivity index is 1.50. The third-order valence-corrected chi connectivity index (χ3v) is 4.57. The van der Waals surface area contributed by atoms with E-state index < -0.39 is 5.97 Å². The van der Waals surface area contributed by atoms with Crippen molar-refractivity contribution in [3.63, 3.8) is 0 Å². The highest BCUT2D eigenvalue weighted by Gasteiger charge is 2.32. The Bertz CT molecular complexity index is 488. The maximum Gasteiger partial charge on any atom is 0.306 e. The number of para-hydroxylation sites is 1. The summed E-state index contributed by atoms with van der Waals surface area (Å²) in [6, 6.07) is 8.15. The molecule has 0 spiro atoms. The van der Waals surface area contributed by atoms with Gasteiger partial charge in [-0.2, -0.15) is 0 Å². The highest BCUT2D eigenvalue weighted by Crippen LogP contribution is 2.34. The molecule has 108 valence electrons. The zero-order valence-electron chi connectivity index (χ0n) is 11.5. The van der Waals surface area contributed by atoms with Crippen LogP contribution in [-0.4, -0.2) is 30.8 Å². The zero-order chi connectivity index (χ0) is 13.9. The summed E-state index contributed by atoms with van der Waals surface area (Å²) in [6.45, 7) is 2.38. The van der Waals surface area contributed by atoms with E-state index in [0.717, 1.165) is 44.7 Å². The molecule has 0 saturated heterocycles. The number of carboxylic acid groups (broad SMARTS) is 1. The maximum absolute atomic E-state index is 11.1. The Morgan fingerprint density at radius 2 is 2.15 bits per heavy atom. The fourth-order valence-electron chi connectivity index (χ4n) is 3.45. The van der Waals surface area contributed by atoms with Crippen LogP contribution in [0, 0.1) is 11.8 Å². The molecule has 2 N–H and O–H groups in total. The van der Waals surface area contributed by atoms with E-state index in [-0.39, 0.29) is 11.8 Å². The molecule has 1 aliphatic carbocycles. The predicted octanol–water partition coefficient (Wildman–Crippen LogP) is 2.25. The van der Waals surface area contributed by atoms with Crippen LogP contribution in [0.4, 0.5) is 0 Å². The highest BCUT2D eigenvalue weighted by molar-refractivity contribution is 5.70.